The van der Waals surface area contributed by atoms with Crippen molar-refractivity contribution in [2.24, 2.45) is 5.16 Å². The molecule has 0 aliphatic carbocycles. The number of amides is 3. The molecule has 0 radical (unpaired) electrons. The predicted octanol–water partition coefficient (Wildman–Crippen LogP) is 0.785. The summed E-state index contributed by atoms with van der Waals surface area (Å²) in [5.41, 5.74) is 1.32. The van der Waals surface area contributed by atoms with Gasteiger partial charge in [-0.3, -0.25) is 24.1 Å². The van der Waals surface area contributed by atoms with E-state index in [4.69, 9.17) is 33.1 Å². The lowest BCUT2D eigenvalue weighted by Crippen LogP contribution is -2.75. The lowest BCUT2D eigenvalue weighted by Gasteiger charge is -2.51. The van der Waals surface area contributed by atoms with Crippen LogP contribution in [0.25, 0.3) is 0 Å². The van der Waals surface area contributed by atoms with Crippen LogP contribution in [0.1, 0.15) is 45.0 Å². The van der Waals surface area contributed by atoms with Gasteiger partial charge in [0.1, 0.15) is 54.4 Å². The summed E-state index contributed by atoms with van der Waals surface area (Å²) in [4.78, 5) is 91.7. The molecule has 75 heavy (non-hydrogen) atoms. The second-order valence-electron chi connectivity index (χ2n) is 18.0. The quantitative estimate of drug-likeness (QED) is 0.0167. The summed E-state index contributed by atoms with van der Waals surface area (Å²) < 4.78 is 68.9. The zero-order valence-electron chi connectivity index (χ0n) is 41.8. The van der Waals surface area contributed by atoms with Crippen molar-refractivity contribution in [3.8, 4) is 23.0 Å². The molecule has 5 heterocycles. The van der Waals surface area contributed by atoms with Gasteiger partial charge < -0.3 is 57.0 Å². The molecule has 1 aromatic heterocycles. The molecule has 3 amide bonds. The van der Waals surface area contributed by atoms with Crippen LogP contribution in [0, 0.1) is 12.7 Å². The Labute approximate surface area is 440 Å². The van der Waals surface area contributed by atoms with Crippen LogP contribution in [0.2, 0.25) is 6.32 Å². The van der Waals surface area contributed by atoms with Crippen molar-refractivity contribution in [1.29, 1.82) is 0 Å². The first kappa shape index (κ1) is 54.2. The molecule has 4 aliphatic rings. The van der Waals surface area contributed by atoms with Crippen LogP contribution >= 0.6 is 11.3 Å². The van der Waals surface area contributed by atoms with E-state index in [2.05, 4.69) is 20.1 Å². The van der Waals surface area contributed by atoms with Gasteiger partial charge in [0.15, 0.2) is 29.1 Å². The zero-order valence-corrected chi connectivity index (χ0v) is 43.4. The number of nitrogens with zero attached hydrogens (tertiary/aromatic N) is 5. The van der Waals surface area contributed by atoms with Crippen LogP contribution in [-0.2, 0) is 67.2 Å². The first-order valence-electron chi connectivity index (χ1n) is 23.8. The van der Waals surface area contributed by atoms with E-state index in [1.165, 1.54) is 36.9 Å². The number of rotatable bonds is 22. The molecule has 1 unspecified atom stereocenters. The van der Waals surface area contributed by atoms with Gasteiger partial charge in [0, 0.05) is 24.5 Å². The fraction of sp³-hybridized carbons (Fsp3) is 0.375. The van der Waals surface area contributed by atoms with Crippen molar-refractivity contribution in [2.45, 2.75) is 62.9 Å². The molecule has 3 aromatic carbocycles. The highest BCUT2D eigenvalue weighted by molar-refractivity contribution is 7.92. The highest BCUT2D eigenvalue weighted by atomic mass is 32.2. The van der Waals surface area contributed by atoms with Gasteiger partial charge in [-0.05, 0) is 65.6 Å². The second-order valence-corrected chi connectivity index (χ2v) is 20.6. The maximum atomic E-state index is 16.8. The Morgan fingerprint density at radius 3 is 2.33 bits per heavy atom. The van der Waals surface area contributed by atoms with Gasteiger partial charge in [0.05, 0.1) is 56.5 Å². The Balaban J connectivity index is 0.988. The maximum Gasteiger partial charge on any atom is 0.347 e. The molecule has 0 bridgehead atoms. The second kappa shape index (κ2) is 24.1. The molecular formula is C48H53B3FN6O15S2+. The minimum Gasteiger partial charge on any atom is -0.614 e. The first-order chi connectivity index (χ1) is 36.2. The molecule has 3 saturated heterocycles. The number of piperazine rings is 1. The number of aryl methyl sites for hydroxylation is 1. The van der Waals surface area contributed by atoms with Crippen LogP contribution in [0.5, 0.6) is 23.0 Å². The molecular weight excluding hydrogens is 1020 g/mol. The van der Waals surface area contributed by atoms with E-state index in [0.717, 1.165) is 30.5 Å². The van der Waals surface area contributed by atoms with Crippen LogP contribution in [0.4, 0.5) is 4.39 Å². The molecule has 0 spiro atoms. The van der Waals surface area contributed by atoms with E-state index in [1.807, 2.05) is 12.1 Å². The minimum absolute atomic E-state index is 0.0305. The number of fused-ring (bicyclic) bond motifs is 2. The van der Waals surface area contributed by atoms with Gasteiger partial charge in [0.25, 0.3) is 24.2 Å². The molecule has 1 N–H and O–H groups in total. The molecule has 21 nitrogen and oxygen atoms in total. The van der Waals surface area contributed by atoms with E-state index in [9.17, 15) is 33.3 Å². The lowest BCUT2D eigenvalue weighted by atomic mass is 9.91. The molecule has 27 heteroatoms. The number of hydrogen-bond donors (Lipinski definition) is 1. The lowest BCUT2D eigenvalue weighted by molar-refractivity contribution is -0.938. The van der Waals surface area contributed by atoms with Crippen LogP contribution < -0.4 is 24.3 Å². The predicted molar refractivity (Wildman–Crippen MR) is 274 cm³/mol. The normalized spacial score (nSPS) is 21.3. The number of quaternary nitrogens is 1. The molecule has 3 fully saturated rings. The number of hydrogen-bond acceptors (Lipinski definition) is 18. The van der Waals surface area contributed by atoms with E-state index >= 15 is 4.39 Å². The van der Waals surface area contributed by atoms with Crippen molar-refractivity contribution >= 4 is 87.9 Å². The zero-order chi connectivity index (χ0) is 53.4. The summed E-state index contributed by atoms with van der Waals surface area (Å²) in [6, 6.07) is 15.7. The Kier molecular flexibility index (Phi) is 17.4. The topological polar surface area (TPSA) is 243 Å². The fourth-order valence-corrected chi connectivity index (χ4v) is 12.0. The van der Waals surface area contributed by atoms with Gasteiger partial charge in [-0.25, -0.2) is 19.0 Å². The van der Waals surface area contributed by atoms with E-state index in [0.29, 0.717) is 46.1 Å². The SMILES string of the molecule is BOC(=O)C1=C(C[N@+]23CCC[C@H]2CN(C(=O)c2ccc(OCc4ccc(OC)cc4)c(OCc4ccc(OC)cc4)c2F)CC3)C[S+]([O-])[C@@H]2[C@H](NC(=O)/C(=N\O[C@@H](CBOC=O)C(=O)OB)c3csc(C)n3)C(=O)N12. The van der Waals surface area contributed by atoms with Crippen molar-refractivity contribution in [3.05, 3.63) is 111 Å². The van der Waals surface area contributed by atoms with E-state index < -0.39 is 69.9 Å². The van der Waals surface area contributed by atoms with Gasteiger partial charge in [-0.15, -0.1) is 11.3 Å². The summed E-state index contributed by atoms with van der Waals surface area (Å²) in [7, 11) is 5.18. The number of β-lactam (4-membered cyclic amide) rings is 1. The number of carbonyl (C=O) groups is 6. The fourth-order valence-electron chi connectivity index (χ4n) is 9.69. The van der Waals surface area contributed by atoms with E-state index in [-0.39, 0.29) is 93.4 Å². The van der Waals surface area contributed by atoms with Crippen molar-refractivity contribution in [1.82, 2.24) is 20.1 Å². The van der Waals surface area contributed by atoms with Crippen LogP contribution in [0.15, 0.2) is 82.5 Å². The molecule has 392 valence electrons. The number of aromatic nitrogens is 1. The Morgan fingerprint density at radius 2 is 1.71 bits per heavy atom. The van der Waals surface area contributed by atoms with Crippen molar-refractivity contribution in [2.75, 3.05) is 52.7 Å². The Morgan fingerprint density at radius 1 is 1.01 bits per heavy atom. The molecule has 0 saturated carbocycles. The number of carbonyl (C=O) groups excluding carboxylic acids is 6. The largest absolute Gasteiger partial charge is 0.614 e. The van der Waals surface area contributed by atoms with E-state index in [1.54, 1.807) is 62.4 Å². The summed E-state index contributed by atoms with van der Waals surface area (Å²) in [5.74, 6) is -3.72. The monoisotopic (exact) mass is 1070 g/mol. The summed E-state index contributed by atoms with van der Waals surface area (Å²) in [6.45, 7) is 3.67. The number of oxime groups is 1. The van der Waals surface area contributed by atoms with Crippen LogP contribution in [0.3, 0.4) is 0 Å². The molecule has 8 rings (SSSR count). The Bertz CT molecular complexity index is 2870. The summed E-state index contributed by atoms with van der Waals surface area (Å²) in [6.07, 6.45) is -0.0829. The van der Waals surface area contributed by atoms with Gasteiger partial charge in [-0.1, -0.05) is 29.4 Å². The highest BCUT2D eigenvalue weighted by Crippen LogP contribution is 2.41. The van der Waals surface area contributed by atoms with Gasteiger partial charge >= 0.3 is 35.5 Å². The number of ether oxygens (including phenoxy) is 4. The third kappa shape index (κ3) is 11.7. The molecule has 6 atom stereocenters. The number of thiazole rings is 1. The summed E-state index contributed by atoms with van der Waals surface area (Å²) in [5, 5.41) is 7.42. The molecule has 4 aliphatic heterocycles. The molecule has 4 aromatic rings. The smallest absolute Gasteiger partial charge is 0.347 e. The summed E-state index contributed by atoms with van der Waals surface area (Å²) >= 11 is -0.654. The van der Waals surface area contributed by atoms with Crippen molar-refractivity contribution in [3.63, 3.8) is 0 Å². The number of nitrogens with one attached hydrogen (secondary N) is 1. The average molecular weight is 1070 g/mol. The number of benzene rings is 3. The standard InChI is InChI=1S/C48H52B3FN6O15S2/c1-27-53-35(24-74-27)39(55-73-37(47(63)71-49)19-51-70-26-59)43(60)54-40-45(62)57-41(48(64)72-50)30(25-75(65)46(40)57)21-58-17-4-5-31(58)20-56(16-18-58)44(61)34-14-15-36(68-22-28-6-10-32(66-2)11-7-28)42(38(34)52)69-23-29-8-12-33(67-3)13-9-29/h6-15,24,26,31,37,40,46,51H,4-5,16-23,25,49-50H2,1-3H3/p+1/b55-39-/t31-,37-,40+,46+,58+,75?/m0/s1. The van der Waals surface area contributed by atoms with Gasteiger partial charge in [-0.2, -0.15) is 0 Å². The first-order valence-corrected chi connectivity index (χ1v) is 26.1. The van der Waals surface area contributed by atoms with Gasteiger partial charge in [0.2, 0.25) is 11.5 Å². The third-order valence-corrected chi connectivity index (χ3v) is 16.0. The van der Waals surface area contributed by atoms with Crippen LogP contribution in [-0.4, -0.2) is 166 Å². The highest BCUT2D eigenvalue weighted by Gasteiger charge is 2.62. The minimum atomic E-state index is -1.85. The average Bonchev–Trinajstić information content (AvgIpc) is 4.07. The number of methoxy groups -OCH3 is 2. The number of halogens is 1. The third-order valence-electron chi connectivity index (χ3n) is 13.6. The maximum absolute atomic E-state index is 16.8. The van der Waals surface area contributed by atoms with Crippen molar-refractivity contribution < 1.29 is 79.9 Å². The Hall–Kier alpha value is -7.09.